The molecule has 0 aliphatic carbocycles. The molecule has 3 N–H and O–H groups in total. The van der Waals surface area contributed by atoms with Gasteiger partial charge in [-0.25, -0.2) is 4.98 Å². The summed E-state index contributed by atoms with van der Waals surface area (Å²) in [5.74, 6) is 6.50. The Labute approximate surface area is 125 Å². The van der Waals surface area contributed by atoms with Crippen LogP contribution in [0.15, 0.2) is 28.1 Å². The molecule has 1 atom stereocenters. The molecule has 0 aliphatic heterocycles. The number of hydrazine groups is 1. The number of rotatable bonds is 5. The molecule has 2 aromatic rings. The van der Waals surface area contributed by atoms with E-state index >= 15 is 0 Å². The van der Waals surface area contributed by atoms with E-state index in [1.165, 1.54) is 0 Å². The summed E-state index contributed by atoms with van der Waals surface area (Å²) < 4.78 is 6.26. The van der Waals surface area contributed by atoms with Crippen molar-refractivity contribution in [3.8, 4) is 5.75 Å². The molecular weight excluding hydrogens is 326 g/mol. The Hall–Kier alpha value is -0.950. The number of nitrogens with two attached hydrogens (primary N) is 1. The van der Waals surface area contributed by atoms with Gasteiger partial charge < -0.3 is 4.74 Å². The van der Waals surface area contributed by atoms with Crippen LogP contribution in [0.3, 0.4) is 0 Å². The van der Waals surface area contributed by atoms with Crippen molar-refractivity contribution in [3.63, 3.8) is 0 Å². The summed E-state index contributed by atoms with van der Waals surface area (Å²) in [6.45, 7) is 1.99. The highest BCUT2D eigenvalue weighted by Gasteiger charge is 2.16. The summed E-state index contributed by atoms with van der Waals surface area (Å²) in [5.41, 5.74) is 4.96. The summed E-state index contributed by atoms with van der Waals surface area (Å²) in [7, 11) is 1.65. The van der Waals surface area contributed by atoms with Crippen molar-refractivity contribution in [3.05, 3.63) is 44.3 Å². The van der Waals surface area contributed by atoms with Crippen molar-refractivity contribution in [2.75, 3.05) is 7.11 Å². The number of methoxy groups -OCH3 is 1. The Balaban J connectivity index is 2.26. The number of aromatic nitrogens is 1. The highest BCUT2D eigenvalue weighted by molar-refractivity contribution is 9.10. The van der Waals surface area contributed by atoms with Gasteiger partial charge in [-0.1, -0.05) is 15.9 Å². The van der Waals surface area contributed by atoms with E-state index in [1.807, 2.05) is 30.5 Å². The molecule has 1 aromatic heterocycles. The van der Waals surface area contributed by atoms with Crippen molar-refractivity contribution in [1.29, 1.82) is 0 Å². The maximum Gasteiger partial charge on any atom is 0.119 e. The number of nitrogens with one attached hydrogen (secondary N) is 1. The molecule has 1 heterocycles. The molecule has 102 valence electrons. The minimum absolute atomic E-state index is 0.00461. The summed E-state index contributed by atoms with van der Waals surface area (Å²) in [6.07, 6.45) is 0.751. The maximum atomic E-state index is 5.69. The Kier molecular flexibility index (Phi) is 4.93. The third kappa shape index (κ3) is 3.54. The van der Waals surface area contributed by atoms with Crippen LogP contribution < -0.4 is 16.0 Å². The lowest BCUT2D eigenvalue weighted by Crippen LogP contribution is -2.29. The summed E-state index contributed by atoms with van der Waals surface area (Å²) in [5, 5.41) is 3.11. The zero-order valence-electron chi connectivity index (χ0n) is 10.8. The summed E-state index contributed by atoms with van der Waals surface area (Å²) >= 11 is 5.20. The quantitative estimate of drug-likeness (QED) is 0.648. The van der Waals surface area contributed by atoms with E-state index in [2.05, 4.69) is 26.3 Å². The first kappa shape index (κ1) is 14.5. The van der Waals surface area contributed by atoms with E-state index in [0.717, 1.165) is 32.9 Å². The Morgan fingerprint density at radius 1 is 1.53 bits per heavy atom. The van der Waals surface area contributed by atoms with Gasteiger partial charge in [0, 0.05) is 22.0 Å². The minimum atomic E-state index is -0.00461. The molecule has 0 radical (unpaired) electrons. The average molecular weight is 342 g/mol. The van der Waals surface area contributed by atoms with Crippen molar-refractivity contribution < 1.29 is 4.74 Å². The smallest absolute Gasteiger partial charge is 0.119 e. The van der Waals surface area contributed by atoms with Gasteiger partial charge in [0.1, 0.15) is 5.75 Å². The van der Waals surface area contributed by atoms with Crippen LogP contribution in [-0.2, 0) is 6.42 Å². The zero-order chi connectivity index (χ0) is 13.8. The van der Waals surface area contributed by atoms with Crippen LogP contribution in [0, 0.1) is 6.92 Å². The van der Waals surface area contributed by atoms with E-state index in [1.54, 1.807) is 18.4 Å². The van der Waals surface area contributed by atoms with Crippen LogP contribution >= 0.6 is 27.3 Å². The lowest BCUT2D eigenvalue weighted by molar-refractivity contribution is 0.412. The Morgan fingerprint density at radius 3 is 2.89 bits per heavy atom. The second-order valence-corrected chi connectivity index (χ2v) is 5.99. The summed E-state index contributed by atoms with van der Waals surface area (Å²) in [4.78, 5) is 4.47. The monoisotopic (exact) mass is 341 g/mol. The van der Waals surface area contributed by atoms with E-state index in [4.69, 9.17) is 10.6 Å². The molecule has 1 aromatic carbocycles. The summed E-state index contributed by atoms with van der Waals surface area (Å²) in [6, 6.07) is 5.85. The second kappa shape index (κ2) is 6.47. The molecule has 1 unspecified atom stereocenters. The third-order valence-corrected chi connectivity index (χ3v) is 4.54. The Bertz CT molecular complexity index is 559. The van der Waals surface area contributed by atoms with Crippen LogP contribution in [0.4, 0.5) is 0 Å². The number of hydrogen-bond donors (Lipinski definition) is 2. The molecule has 2 rings (SSSR count). The first-order chi connectivity index (χ1) is 9.13. The number of nitrogens with zero attached hydrogens (tertiary/aromatic N) is 1. The number of ether oxygens (including phenoxy) is 1. The first-order valence-corrected chi connectivity index (χ1v) is 7.52. The van der Waals surface area contributed by atoms with E-state index in [9.17, 15) is 0 Å². The van der Waals surface area contributed by atoms with E-state index in [-0.39, 0.29) is 6.04 Å². The van der Waals surface area contributed by atoms with Crippen molar-refractivity contribution in [2.45, 2.75) is 19.4 Å². The van der Waals surface area contributed by atoms with Gasteiger partial charge in [0.2, 0.25) is 0 Å². The van der Waals surface area contributed by atoms with Gasteiger partial charge in [-0.2, -0.15) is 0 Å². The zero-order valence-corrected chi connectivity index (χ0v) is 13.2. The predicted molar refractivity (Wildman–Crippen MR) is 81.3 cm³/mol. The van der Waals surface area contributed by atoms with Crippen molar-refractivity contribution in [2.24, 2.45) is 5.84 Å². The van der Waals surface area contributed by atoms with Gasteiger partial charge in [-0.3, -0.25) is 11.3 Å². The van der Waals surface area contributed by atoms with Crippen LogP contribution in [0.5, 0.6) is 5.75 Å². The second-order valence-electron chi connectivity index (χ2n) is 4.19. The lowest BCUT2D eigenvalue weighted by atomic mass is 10.0. The fraction of sp³-hybridized carbons (Fsp3) is 0.308. The topological polar surface area (TPSA) is 60.2 Å². The Morgan fingerprint density at radius 2 is 2.32 bits per heavy atom. The molecule has 6 heteroatoms. The molecular formula is C13H16BrN3OS. The maximum absolute atomic E-state index is 5.69. The molecule has 0 aliphatic rings. The minimum Gasteiger partial charge on any atom is -0.497 e. The molecule has 0 saturated heterocycles. The van der Waals surface area contributed by atoms with Crippen LogP contribution in [-0.4, -0.2) is 12.1 Å². The highest BCUT2D eigenvalue weighted by Crippen LogP contribution is 2.30. The number of aryl methyl sites for hydroxylation is 1. The average Bonchev–Trinajstić information content (AvgIpc) is 2.82. The van der Waals surface area contributed by atoms with Gasteiger partial charge in [-0.15, -0.1) is 11.3 Å². The molecule has 0 fully saturated rings. The van der Waals surface area contributed by atoms with E-state index < -0.39 is 0 Å². The van der Waals surface area contributed by atoms with Gasteiger partial charge >= 0.3 is 0 Å². The van der Waals surface area contributed by atoms with Crippen LogP contribution in [0.2, 0.25) is 0 Å². The molecule has 0 spiro atoms. The standard InChI is InChI=1S/C13H16BrN3OS/c1-8-7-19-13(16-8)6-12(17-15)10-5-9(18-2)3-4-11(10)14/h3-5,7,12,17H,6,15H2,1-2H3. The van der Waals surface area contributed by atoms with Gasteiger partial charge in [0.25, 0.3) is 0 Å². The SMILES string of the molecule is COc1ccc(Br)c(C(Cc2nc(C)cs2)NN)c1. The predicted octanol–water partition coefficient (Wildman–Crippen LogP) is 2.97. The third-order valence-electron chi connectivity index (χ3n) is 2.83. The van der Waals surface area contributed by atoms with Gasteiger partial charge in [-0.05, 0) is 30.7 Å². The molecule has 19 heavy (non-hydrogen) atoms. The van der Waals surface area contributed by atoms with Gasteiger partial charge in [0.15, 0.2) is 0 Å². The van der Waals surface area contributed by atoms with Crippen LogP contribution in [0.1, 0.15) is 22.3 Å². The highest BCUT2D eigenvalue weighted by atomic mass is 79.9. The normalized spacial score (nSPS) is 12.4. The van der Waals surface area contributed by atoms with Crippen molar-refractivity contribution in [1.82, 2.24) is 10.4 Å². The number of halogens is 1. The molecule has 0 saturated carbocycles. The number of benzene rings is 1. The first-order valence-electron chi connectivity index (χ1n) is 5.84. The lowest BCUT2D eigenvalue weighted by Gasteiger charge is -2.17. The van der Waals surface area contributed by atoms with E-state index in [0.29, 0.717) is 0 Å². The fourth-order valence-electron chi connectivity index (χ4n) is 1.85. The van der Waals surface area contributed by atoms with Gasteiger partial charge in [0.05, 0.1) is 18.2 Å². The largest absolute Gasteiger partial charge is 0.497 e. The number of thiazole rings is 1. The van der Waals surface area contributed by atoms with Crippen LogP contribution in [0.25, 0.3) is 0 Å². The molecule has 0 bridgehead atoms. The number of hydrogen-bond acceptors (Lipinski definition) is 5. The molecule has 0 amide bonds. The van der Waals surface area contributed by atoms with Crippen molar-refractivity contribution >= 4 is 27.3 Å². The molecule has 4 nitrogen and oxygen atoms in total. The fourth-order valence-corrected chi connectivity index (χ4v) is 3.19.